The fraction of sp³-hybridized carbons (Fsp3) is 0.167. The van der Waals surface area contributed by atoms with Gasteiger partial charge in [-0.05, 0) is 85.1 Å². The third kappa shape index (κ3) is 2.88. The second kappa shape index (κ2) is 6.79. The molecular formula is C18H13FIN3OS2. The van der Waals surface area contributed by atoms with E-state index in [2.05, 4.69) is 12.6 Å². The van der Waals surface area contributed by atoms with E-state index in [1.165, 1.54) is 17.0 Å². The molecule has 132 valence electrons. The molecule has 1 aliphatic heterocycles. The second-order valence-electron chi connectivity index (χ2n) is 6.21. The van der Waals surface area contributed by atoms with E-state index >= 15 is 0 Å². The van der Waals surface area contributed by atoms with E-state index in [4.69, 9.17) is 17.5 Å². The molecule has 0 N–H and O–H groups in total. The summed E-state index contributed by atoms with van der Waals surface area (Å²) in [6, 6.07) is 12.1. The van der Waals surface area contributed by atoms with Crippen molar-refractivity contribution in [1.82, 2.24) is 0 Å². The molecule has 4 nitrogen and oxygen atoms in total. The number of hydrogen-bond acceptors (Lipinski definition) is 4. The summed E-state index contributed by atoms with van der Waals surface area (Å²) in [4.78, 5) is 16.7. The quantitative estimate of drug-likeness (QED) is 0.377. The second-order valence-corrected chi connectivity index (χ2v) is 8.17. The Kier molecular flexibility index (Phi) is 4.98. The number of hydrogen-bond donors (Lipinski definition) is 1. The van der Waals surface area contributed by atoms with Crippen molar-refractivity contribution in [3.8, 4) is 6.07 Å². The molecule has 26 heavy (non-hydrogen) atoms. The Hall–Kier alpha value is -1.70. The van der Waals surface area contributed by atoms with Crippen molar-refractivity contribution in [2.24, 2.45) is 0 Å². The van der Waals surface area contributed by atoms with Crippen LogP contribution in [0, 0.1) is 20.7 Å². The average Bonchev–Trinajstić information content (AvgIpc) is 2.77. The Morgan fingerprint density at radius 2 is 1.85 bits per heavy atom. The van der Waals surface area contributed by atoms with E-state index in [0.29, 0.717) is 0 Å². The monoisotopic (exact) mass is 497 g/mol. The first-order valence-electron chi connectivity index (χ1n) is 7.56. The topological polar surface area (TPSA) is 47.3 Å². The molecule has 8 heteroatoms. The maximum atomic E-state index is 14.8. The van der Waals surface area contributed by atoms with Crippen LogP contribution in [-0.2, 0) is 4.79 Å². The lowest BCUT2D eigenvalue weighted by atomic mass is 10.0. The van der Waals surface area contributed by atoms with Crippen LogP contribution in [0.25, 0.3) is 0 Å². The third-order valence-electron chi connectivity index (χ3n) is 4.20. The molecule has 0 aliphatic carbocycles. The summed E-state index contributed by atoms with van der Waals surface area (Å²) in [5, 5.41) is 9.24. The largest absolute Gasteiger partial charge is 0.304 e. The summed E-state index contributed by atoms with van der Waals surface area (Å²) >= 11 is 11.6. The van der Waals surface area contributed by atoms with Gasteiger partial charge in [0.1, 0.15) is 11.6 Å². The van der Waals surface area contributed by atoms with Crippen LogP contribution in [-0.4, -0.2) is 16.6 Å². The van der Waals surface area contributed by atoms with E-state index in [9.17, 15) is 9.18 Å². The molecule has 1 aliphatic rings. The van der Waals surface area contributed by atoms with Crippen molar-refractivity contribution in [2.75, 3.05) is 9.80 Å². The number of anilines is 2. The lowest BCUT2D eigenvalue weighted by Crippen LogP contribution is -2.44. The average molecular weight is 497 g/mol. The van der Waals surface area contributed by atoms with E-state index in [1.807, 2.05) is 18.2 Å². The van der Waals surface area contributed by atoms with Crippen LogP contribution < -0.4 is 9.80 Å². The van der Waals surface area contributed by atoms with Gasteiger partial charge in [0.05, 0.1) is 14.8 Å². The molecule has 0 bridgehead atoms. The van der Waals surface area contributed by atoms with Crippen molar-refractivity contribution in [3.63, 3.8) is 0 Å². The zero-order chi connectivity index (χ0) is 19.2. The molecule has 1 heterocycles. The highest BCUT2D eigenvalue weighted by Crippen LogP contribution is 2.38. The van der Waals surface area contributed by atoms with Crippen LogP contribution in [0.15, 0.2) is 41.3 Å². The summed E-state index contributed by atoms with van der Waals surface area (Å²) in [6.07, 6.45) is 0. The minimum Gasteiger partial charge on any atom is -0.304 e. The Labute approximate surface area is 175 Å². The van der Waals surface area contributed by atoms with Gasteiger partial charge < -0.3 is 4.90 Å². The fourth-order valence-electron chi connectivity index (χ4n) is 2.84. The molecule has 0 radical (unpaired) electrons. The summed E-state index contributed by atoms with van der Waals surface area (Å²) in [5.41, 5.74) is -0.00636. The highest BCUT2D eigenvalue weighted by Gasteiger charge is 2.51. The number of benzene rings is 2. The Bertz CT molecular complexity index is 970. The molecule has 1 fully saturated rings. The molecule has 0 aromatic heterocycles. The normalized spacial score (nSPS) is 16.2. The Morgan fingerprint density at radius 3 is 2.42 bits per heavy atom. The van der Waals surface area contributed by atoms with Gasteiger partial charge in [0.15, 0.2) is 10.9 Å². The van der Waals surface area contributed by atoms with E-state index in [0.717, 1.165) is 10.6 Å². The van der Waals surface area contributed by atoms with Gasteiger partial charge in [-0.1, -0.05) is 0 Å². The summed E-state index contributed by atoms with van der Waals surface area (Å²) in [7, 11) is 0. The number of halogens is 2. The van der Waals surface area contributed by atoms with Gasteiger partial charge >= 0.3 is 0 Å². The lowest BCUT2D eigenvalue weighted by molar-refractivity contribution is -0.120. The summed E-state index contributed by atoms with van der Waals surface area (Å²) in [6.45, 7) is 3.48. The van der Waals surface area contributed by atoms with Crippen molar-refractivity contribution in [2.45, 2.75) is 24.3 Å². The molecule has 0 atom stereocenters. The summed E-state index contributed by atoms with van der Waals surface area (Å²) in [5.74, 6) is -0.972. The number of amides is 1. The van der Waals surface area contributed by atoms with Crippen LogP contribution in [0.2, 0.25) is 0 Å². The maximum absolute atomic E-state index is 14.8. The summed E-state index contributed by atoms with van der Waals surface area (Å²) < 4.78 is 15.0. The molecule has 0 unspecified atom stereocenters. The number of nitriles is 1. The highest BCUT2D eigenvalue weighted by atomic mass is 127. The fourth-order valence-corrected chi connectivity index (χ4v) is 4.08. The van der Waals surface area contributed by atoms with Crippen molar-refractivity contribution < 1.29 is 9.18 Å². The highest BCUT2D eigenvalue weighted by molar-refractivity contribution is 14.1. The van der Waals surface area contributed by atoms with E-state index in [-0.39, 0.29) is 25.8 Å². The third-order valence-corrected chi connectivity index (χ3v) is 5.92. The molecule has 1 saturated heterocycles. The number of rotatable bonds is 2. The molecule has 1 amide bonds. The van der Waals surface area contributed by atoms with Gasteiger partial charge in [-0.2, -0.15) is 5.26 Å². The van der Waals surface area contributed by atoms with Gasteiger partial charge in [-0.15, -0.1) is 12.6 Å². The van der Waals surface area contributed by atoms with Crippen LogP contribution in [0.5, 0.6) is 0 Å². The molecule has 2 aromatic rings. The first-order valence-corrected chi connectivity index (χ1v) is 9.49. The SMILES string of the molecule is CC1(C)C(=O)N(c2ccc(C#N)c(I)c2F)C(=S)N1c1ccc(S)cc1. The predicted molar refractivity (Wildman–Crippen MR) is 114 cm³/mol. The molecule has 3 rings (SSSR count). The van der Waals surface area contributed by atoms with E-state index < -0.39 is 11.4 Å². The minimum atomic E-state index is -0.985. The number of thiocarbonyl (C=S) groups is 1. The van der Waals surface area contributed by atoms with E-state index in [1.54, 1.807) is 53.5 Å². The Morgan fingerprint density at radius 1 is 1.23 bits per heavy atom. The molecule has 2 aromatic carbocycles. The van der Waals surface area contributed by atoms with Gasteiger partial charge in [0.25, 0.3) is 5.91 Å². The molecule has 0 saturated carbocycles. The number of carbonyl (C=O) groups excluding carboxylic acids is 1. The molecular weight excluding hydrogens is 484 g/mol. The zero-order valence-electron chi connectivity index (χ0n) is 13.8. The minimum absolute atomic E-state index is 0.0461. The van der Waals surface area contributed by atoms with Gasteiger partial charge in [-0.25, -0.2) is 4.39 Å². The van der Waals surface area contributed by atoms with Gasteiger partial charge in [0, 0.05) is 10.6 Å². The first kappa shape index (κ1) is 19.1. The number of thiol groups is 1. The zero-order valence-corrected chi connectivity index (χ0v) is 17.7. The maximum Gasteiger partial charge on any atom is 0.259 e. The van der Waals surface area contributed by atoms with Gasteiger partial charge in [-0.3, -0.25) is 9.69 Å². The predicted octanol–water partition coefficient (Wildman–Crippen LogP) is 4.51. The van der Waals surface area contributed by atoms with Gasteiger partial charge in [0.2, 0.25) is 0 Å². The van der Waals surface area contributed by atoms with Crippen LogP contribution in [0.4, 0.5) is 15.8 Å². The molecule has 0 spiro atoms. The standard InChI is InChI=1S/C18H13FIN3OS2/c1-18(2)16(24)22(13-8-3-10(9-21)15(20)14(13)19)17(26)23(18)11-4-6-12(25)7-5-11/h3-8,25H,1-2H3. The Balaban J connectivity index is 2.13. The van der Waals surface area contributed by atoms with Crippen LogP contribution in [0.1, 0.15) is 19.4 Å². The number of carbonyl (C=O) groups is 1. The number of nitrogens with zero attached hydrogens (tertiary/aromatic N) is 3. The van der Waals surface area contributed by atoms with Crippen molar-refractivity contribution >= 4 is 69.8 Å². The smallest absolute Gasteiger partial charge is 0.259 e. The van der Waals surface area contributed by atoms with Crippen LogP contribution in [0.3, 0.4) is 0 Å². The van der Waals surface area contributed by atoms with Crippen molar-refractivity contribution in [1.29, 1.82) is 5.26 Å². The van der Waals surface area contributed by atoms with Crippen LogP contribution >= 0.6 is 47.4 Å². The lowest BCUT2D eigenvalue weighted by Gasteiger charge is -2.29. The first-order chi connectivity index (χ1) is 12.2. The van der Waals surface area contributed by atoms with Crippen molar-refractivity contribution in [3.05, 3.63) is 51.3 Å².